The van der Waals surface area contributed by atoms with E-state index in [4.69, 9.17) is 4.74 Å². The van der Waals surface area contributed by atoms with Gasteiger partial charge in [0.2, 0.25) is 0 Å². The first-order valence-corrected chi connectivity index (χ1v) is 8.77. The topological polar surface area (TPSA) is 24.5 Å². The van der Waals surface area contributed by atoms with E-state index in [1.165, 1.54) is 38.5 Å². The molecule has 0 aromatic heterocycles. The minimum atomic E-state index is 0.755. The van der Waals surface area contributed by atoms with E-state index in [-0.39, 0.29) is 0 Å². The Hall–Kier alpha value is -0.120. The van der Waals surface area contributed by atoms with Crippen LogP contribution in [0.3, 0.4) is 0 Å². The maximum absolute atomic E-state index is 5.83. The van der Waals surface area contributed by atoms with Crippen molar-refractivity contribution in [3.8, 4) is 0 Å². The Balaban J connectivity index is 1.71. The van der Waals surface area contributed by atoms with Gasteiger partial charge in [-0.15, -0.1) is 0 Å². The SMILES string of the molecule is CCNC1CC2CCCC(C1)N2CCOCCC(C)C. The van der Waals surface area contributed by atoms with Gasteiger partial charge in [0.1, 0.15) is 0 Å². The van der Waals surface area contributed by atoms with Crippen molar-refractivity contribution >= 4 is 0 Å². The molecule has 0 radical (unpaired) electrons. The molecule has 2 fully saturated rings. The van der Waals surface area contributed by atoms with E-state index in [2.05, 4.69) is 31.0 Å². The molecule has 1 N–H and O–H groups in total. The fourth-order valence-corrected chi connectivity index (χ4v) is 3.89. The Bertz CT molecular complexity index is 256. The van der Waals surface area contributed by atoms with E-state index < -0.39 is 0 Å². The second-order valence-electron chi connectivity index (χ2n) is 7.00. The smallest absolute Gasteiger partial charge is 0.0593 e. The lowest BCUT2D eigenvalue weighted by Gasteiger charge is -2.49. The van der Waals surface area contributed by atoms with Crippen LogP contribution >= 0.6 is 0 Å². The lowest BCUT2D eigenvalue weighted by Crippen LogP contribution is -2.56. The van der Waals surface area contributed by atoms with Gasteiger partial charge in [-0.2, -0.15) is 0 Å². The minimum Gasteiger partial charge on any atom is -0.380 e. The third-order valence-electron chi connectivity index (χ3n) is 4.95. The van der Waals surface area contributed by atoms with Crippen molar-refractivity contribution in [1.82, 2.24) is 10.2 Å². The average molecular weight is 282 g/mol. The maximum atomic E-state index is 5.83. The molecule has 20 heavy (non-hydrogen) atoms. The summed E-state index contributed by atoms with van der Waals surface area (Å²) in [4.78, 5) is 2.76. The zero-order valence-electron chi connectivity index (χ0n) is 13.7. The van der Waals surface area contributed by atoms with Crippen LogP contribution in [0, 0.1) is 5.92 Å². The monoisotopic (exact) mass is 282 g/mol. The Morgan fingerprint density at radius 2 is 1.85 bits per heavy atom. The molecular weight excluding hydrogens is 248 g/mol. The predicted octanol–water partition coefficient (Wildman–Crippen LogP) is 3.04. The van der Waals surface area contributed by atoms with Crippen LogP contribution in [0.5, 0.6) is 0 Å². The van der Waals surface area contributed by atoms with Gasteiger partial charge in [0, 0.05) is 31.3 Å². The van der Waals surface area contributed by atoms with Gasteiger partial charge < -0.3 is 10.1 Å². The Morgan fingerprint density at radius 3 is 2.45 bits per heavy atom. The van der Waals surface area contributed by atoms with Gasteiger partial charge in [0.15, 0.2) is 0 Å². The van der Waals surface area contributed by atoms with Crippen molar-refractivity contribution in [1.29, 1.82) is 0 Å². The summed E-state index contributed by atoms with van der Waals surface area (Å²) < 4.78 is 5.83. The Morgan fingerprint density at radius 1 is 1.15 bits per heavy atom. The molecule has 0 amide bonds. The van der Waals surface area contributed by atoms with E-state index in [0.717, 1.165) is 50.3 Å². The normalized spacial score (nSPS) is 30.9. The molecule has 2 aliphatic rings. The molecule has 3 heteroatoms. The van der Waals surface area contributed by atoms with Gasteiger partial charge >= 0.3 is 0 Å². The second kappa shape index (κ2) is 8.35. The number of nitrogens with one attached hydrogen (secondary N) is 1. The fraction of sp³-hybridized carbons (Fsp3) is 1.00. The molecule has 2 heterocycles. The van der Waals surface area contributed by atoms with Crippen molar-refractivity contribution < 1.29 is 4.74 Å². The third kappa shape index (κ3) is 4.71. The summed E-state index contributed by atoms with van der Waals surface area (Å²) in [5, 5.41) is 3.66. The lowest BCUT2D eigenvalue weighted by atomic mass is 9.82. The first kappa shape index (κ1) is 16.3. The van der Waals surface area contributed by atoms with Crippen molar-refractivity contribution in [3.05, 3.63) is 0 Å². The first-order chi connectivity index (χ1) is 9.70. The quantitative estimate of drug-likeness (QED) is 0.693. The zero-order valence-corrected chi connectivity index (χ0v) is 13.7. The van der Waals surface area contributed by atoms with E-state index in [1.807, 2.05) is 0 Å². The molecule has 0 aromatic carbocycles. The van der Waals surface area contributed by atoms with Crippen molar-refractivity contribution in [2.45, 2.75) is 77.4 Å². The molecule has 118 valence electrons. The third-order valence-corrected chi connectivity index (χ3v) is 4.95. The lowest BCUT2D eigenvalue weighted by molar-refractivity contribution is -0.00144. The van der Waals surface area contributed by atoms with E-state index in [9.17, 15) is 0 Å². The summed E-state index contributed by atoms with van der Waals surface area (Å²) >= 11 is 0. The van der Waals surface area contributed by atoms with Crippen LogP contribution in [-0.2, 0) is 4.74 Å². The number of fused-ring (bicyclic) bond motifs is 2. The van der Waals surface area contributed by atoms with Crippen molar-refractivity contribution in [2.24, 2.45) is 5.92 Å². The van der Waals surface area contributed by atoms with Crippen LogP contribution in [0.4, 0.5) is 0 Å². The Kier molecular flexibility index (Phi) is 6.79. The van der Waals surface area contributed by atoms with Crippen LogP contribution in [0.15, 0.2) is 0 Å². The molecule has 0 aliphatic carbocycles. The molecule has 2 saturated heterocycles. The molecule has 2 unspecified atom stereocenters. The number of nitrogens with zero attached hydrogens (tertiary/aromatic N) is 1. The summed E-state index contributed by atoms with van der Waals surface area (Å²) in [6, 6.07) is 2.37. The van der Waals surface area contributed by atoms with Gasteiger partial charge in [-0.3, -0.25) is 4.90 Å². The van der Waals surface area contributed by atoms with Gasteiger partial charge in [0.25, 0.3) is 0 Å². The summed E-state index contributed by atoms with van der Waals surface area (Å²) in [5.41, 5.74) is 0. The van der Waals surface area contributed by atoms with Gasteiger partial charge in [0.05, 0.1) is 6.61 Å². The average Bonchev–Trinajstić information content (AvgIpc) is 2.38. The standard InChI is InChI=1S/C17H34N2O/c1-4-18-15-12-16-6-5-7-17(13-15)19(16)9-11-20-10-8-14(2)3/h14-18H,4-13H2,1-3H3. The Labute approximate surface area is 125 Å². The van der Waals surface area contributed by atoms with Crippen LogP contribution < -0.4 is 5.32 Å². The van der Waals surface area contributed by atoms with Crippen molar-refractivity contribution in [2.75, 3.05) is 26.3 Å². The summed E-state index contributed by atoms with van der Waals surface area (Å²) in [6.07, 6.45) is 8.09. The van der Waals surface area contributed by atoms with Crippen LogP contribution in [0.25, 0.3) is 0 Å². The van der Waals surface area contributed by atoms with Crippen LogP contribution in [0.1, 0.15) is 59.3 Å². The highest BCUT2D eigenvalue weighted by Crippen LogP contribution is 2.33. The van der Waals surface area contributed by atoms with Gasteiger partial charge in [-0.25, -0.2) is 0 Å². The maximum Gasteiger partial charge on any atom is 0.0593 e. The molecule has 0 saturated carbocycles. The number of rotatable bonds is 8. The predicted molar refractivity (Wildman–Crippen MR) is 85.1 cm³/mol. The largest absolute Gasteiger partial charge is 0.380 e. The molecule has 0 spiro atoms. The summed E-state index contributed by atoms with van der Waals surface area (Å²) in [5.74, 6) is 0.755. The second-order valence-corrected chi connectivity index (χ2v) is 7.00. The van der Waals surface area contributed by atoms with Gasteiger partial charge in [-0.05, 0) is 44.6 Å². The molecular formula is C17H34N2O. The molecule has 2 aliphatic heterocycles. The zero-order chi connectivity index (χ0) is 14.4. The highest BCUT2D eigenvalue weighted by molar-refractivity contribution is 4.94. The van der Waals surface area contributed by atoms with E-state index >= 15 is 0 Å². The molecule has 0 aromatic rings. The summed E-state index contributed by atoms with van der Waals surface area (Å²) in [7, 11) is 0. The van der Waals surface area contributed by atoms with Crippen LogP contribution in [-0.4, -0.2) is 49.3 Å². The van der Waals surface area contributed by atoms with Crippen LogP contribution in [0.2, 0.25) is 0 Å². The highest BCUT2D eigenvalue weighted by atomic mass is 16.5. The highest BCUT2D eigenvalue weighted by Gasteiger charge is 2.37. The van der Waals surface area contributed by atoms with Crippen molar-refractivity contribution in [3.63, 3.8) is 0 Å². The van der Waals surface area contributed by atoms with E-state index in [0.29, 0.717) is 0 Å². The minimum absolute atomic E-state index is 0.755. The van der Waals surface area contributed by atoms with Gasteiger partial charge in [-0.1, -0.05) is 27.2 Å². The van der Waals surface area contributed by atoms with E-state index in [1.54, 1.807) is 0 Å². The number of hydrogen-bond acceptors (Lipinski definition) is 3. The molecule has 3 nitrogen and oxygen atoms in total. The number of hydrogen-bond donors (Lipinski definition) is 1. The molecule has 2 atom stereocenters. The molecule has 2 bridgehead atoms. The number of ether oxygens (including phenoxy) is 1. The number of piperidine rings is 2. The molecule has 2 rings (SSSR count). The first-order valence-electron chi connectivity index (χ1n) is 8.77. The summed E-state index contributed by atoms with van der Waals surface area (Å²) in [6.45, 7) is 10.9. The fourth-order valence-electron chi connectivity index (χ4n) is 3.89.